The van der Waals surface area contributed by atoms with E-state index in [0.717, 1.165) is 34.1 Å². The van der Waals surface area contributed by atoms with Crippen LogP contribution in [0.4, 0.5) is 0 Å². The number of benzene rings is 3. The van der Waals surface area contributed by atoms with E-state index in [9.17, 15) is 0 Å². The predicted octanol–water partition coefficient (Wildman–Crippen LogP) is 6.56. The highest BCUT2D eigenvalue weighted by atomic mass is 16.5. The van der Waals surface area contributed by atoms with Gasteiger partial charge in [0.1, 0.15) is 23.0 Å². The standard InChI is InChI=1S/C22H18O2/c1-3-17-5-9-19(10-6-17)23-21-13-15-22(16-14-21)24-20-11-7-18(4-2)8-12-20/h3-16H,1-2H2. The highest BCUT2D eigenvalue weighted by molar-refractivity contribution is 5.50. The Morgan fingerprint density at radius 1 is 0.458 bits per heavy atom. The van der Waals surface area contributed by atoms with E-state index in [0.29, 0.717) is 0 Å². The molecule has 118 valence electrons. The van der Waals surface area contributed by atoms with Crippen LogP contribution in [0.1, 0.15) is 11.1 Å². The van der Waals surface area contributed by atoms with Crippen molar-refractivity contribution in [3.05, 3.63) is 97.1 Å². The average molecular weight is 314 g/mol. The van der Waals surface area contributed by atoms with Crippen molar-refractivity contribution in [3.8, 4) is 23.0 Å². The Labute approximate surface area is 142 Å². The molecule has 0 aromatic heterocycles. The molecule has 0 bridgehead atoms. The van der Waals surface area contributed by atoms with Crippen molar-refractivity contribution in [1.29, 1.82) is 0 Å². The summed E-state index contributed by atoms with van der Waals surface area (Å²) in [5.74, 6) is 3.09. The number of hydrogen-bond donors (Lipinski definition) is 0. The van der Waals surface area contributed by atoms with E-state index in [4.69, 9.17) is 9.47 Å². The smallest absolute Gasteiger partial charge is 0.127 e. The van der Waals surface area contributed by atoms with E-state index in [2.05, 4.69) is 13.2 Å². The van der Waals surface area contributed by atoms with Crippen LogP contribution in [0.15, 0.2) is 86.0 Å². The first-order chi connectivity index (χ1) is 11.8. The molecule has 0 N–H and O–H groups in total. The second kappa shape index (κ2) is 7.34. The van der Waals surface area contributed by atoms with Crippen LogP contribution in [0.25, 0.3) is 12.2 Å². The Balaban J connectivity index is 1.65. The Morgan fingerprint density at radius 2 is 0.708 bits per heavy atom. The van der Waals surface area contributed by atoms with E-state index in [-0.39, 0.29) is 0 Å². The minimum Gasteiger partial charge on any atom is -0.457 e. The van der Waals surface area contributed by atoms with E-state index < -0.39 is 0 Å². The summed E-state index contributed by atoms with van der Waals surface area (Å²) in [5.41, 5.74) is 2.13. The summed E-state index contributed by atoms with van der Waals surface area (Å²) in [5, 5.41) is 0. The van der Waals surface area contributed by atoms with Crippen LogP contribution >= 0.6 is 0 Å². The van der Waals surface area contributed by atoms with Gasteiger partial charge in [-0.05, 0) is 59.7 Å². The van der Waals surface area contributed by atoms with Gasteiger partial charge in [0.25, 0.3) is 0 Å². The molecule has 0 unspecified atom stereocenters. The largest absolute Gasteiger partial charge is 0.457 e. The summed E-state index contributed by atoms with van der Waals surface area (Å²) in [6, 6.07) is 23.1. The molecule has 0 aliphatic heterocycles. The molecule has 24 heavy (non-hydrogen) atoms. The predicted molar refractivity (Wildman–Crippen MR) is 99.7 cm³/mol. The average Bonchev–Trinajstić information content (AvgIpc) is 2.65. The second-order valence-electron chi connectivity index (χ2n) is 5.22. The van der Waals surface area contributed by atoms with E-state index in [1.807, 2.05) is 72.8 Å². The molecular formula is C22H18O2. The number of rotatable bonds is 6. The second-order valence-corrected chi connectivity index (χ2v) is 5.22. The van der Waals surface area contributed by atoms with Gasteiger partial charge in [-0.25, -0.2) is 0 Å². The van der Waals surface area contributed by atoms with Crippen LogP contribution < -0.4 is 9.47 Å². The van der Waals surface area contributed by atoms with Gasteiger partial charge in [-0.1, -0.05) is 49.6 Å². The van der Waals surface area contributed by atoms with Crippen molar-refractivity contribution < 1.29 is 9.47 Å². The molecule has 3 aromatic rings. The monoisotopic (exact) mass is 314 g/mol. The van der Waals surface area contributed by atoms with Gasteiger partial charge in [0, 0.05) is 0 Å². The Hall–Kier alpha value is -3.26. The minimum absolute atomic E-state index is 0.760. The van der Waals surface area contributed by atoms with Crippen molar-refractivity contribution in [1.82, 2.24) is 0 Å². The first-order valence-electron chi connectivity index (χ1n) is 7.67. The molecule has 0 heterocycles. The van der Waals surface area contributed by atoms with Crippen LogP contribution in [0.5, 0.6) is 23.0 Å². The Kier molecular flexibility index (Phi) is 4.78. The zero-order valence-corrected chi connectivity index (χ0v) is 13.3. The fourth-order valence-corrected chi connectivity index (χ4v) is 2.19. The van der Waals surface area contributed by atoms with Crippen LogP contribution in [0.3, 0.4) is 0 Å². The molecular weight excluding hydrogens is 296 g/mol. The molecule has 3 rings (SSSR count). The summed E-state index contributed by atoms with van der Waals surface area (Å²) in [6.07, 6.45) is 3.61. The van der Waals surface area contributed by atoms with Crippen LogP contribution in [0.2, 0.25) is 0 Å². The van der Waals surface area contributed by atoms with Gasteiger partial charge >= 0.3 is 0 Å². The molecule has 2 heteroatoms. The molecule has 0 aliphatic carbocycles. The molecule has 3 aromatic carbocycles. The van der Waals surface area contributed by atoms with E-state index >= 15 is 0 Å². The number of ether oxygens (including phenoxy) is 2. The molecule has 0 spiro atoms. The molecule has 0 saturated heterocycles. The quantitative estimate of drug-likeness (QED) is 0.513. The molecule has 0 atom stereocenters. The summed E-state index contributed by atoms with van der Waals surface area (Å²) >= 11 is 0. The third-order valence-corrected chi connectivity index (χ3v) is 3.53. The first kappa shape index (κ1) is 15.6. The third-order valence-electron chi connectivity index (χ3n) is 3.53. The van der Waals surface area contributed by atoms with Crippen LogP contribution in [-0.2, 0) is 0 Å². The first-order valence-corrected chi connectivity index (χ1v) is 7.67. The lowest BCUT2D eigenvalue weighted by molar-refractivity contribution is 0.469. The lowest BCUT2D eigenvalue weighted by Crippen LogP contribution is -1.86. The molecule has 0 saturated carbocycles. The van der Waals surface area contributed by atoms with Gasteiger partial charge in [-0.2, -0.15) is 0 Å². The molecule has 2 nitrogen and oxygen atoms in total. The van der Waals surface area contributed by atoms with Gasteiger partial charge in [0.2, 0.25) is 0 Å². The Morgan fingerprint density at radius 3 is 0.958 bits per heavy atom. The fraction of sp³-hybridized carbons (Fsp3) is 0. The van der Waals surface area contributed by atoms with Gasteiger partial charge in [-0.15, -0.1) is 0 Å². The van der Waals surface area contributed by atoms with E-state index in [1.165, 1.54) is 0 Å². The van der Waals surface area contributed by atoms with Crippen molar-refractivity contribution in [2.24, 2.45) is 0 Å². The van der Waals surface area contributed by atoms with Gasteiger partial charge in [0.05, 0.1) is 0 Å². The van der Waals surface area contributed by atoms with Crippen molar-refractivity contribution in [2.75, 3.05) is 0 Å². The summed E-state index contributed by atoms with van der Waals surface area (Å²) < 4.78 is 11.6. The van der Waals surface area contributed by atoms with Gasteiger partial charge in [0.15, 0.2) is 0 Å². The highest BCUT2D eigenvalue weighted by Crippen LogP contribution is 2.27. The lowest BCUT2D eigenvalue weighted by atomic mass is 10.2. The van der Waals surface area contributed by atoms with E-state index in [1.54, 1.807) is 12.2 Å². The van der Waals surface area contributed by atoms with Crippen molar-refractivity contribution in [2.45, 2.75) is 0 Å². The van der Waals surface area contributed by atoms with Gasteiger partial charge < -0.3 is 9.47 Å². The molecule has 0 fully saturated rings. The van der Waals surface area contributed by atoms with Crippen molar-refractivity contribution in [3.63, 3.8) is 0 Å². The van der Waals surface area contributed by atoms with Crippen LogP contribution in [0, 0.1) is 0 Å². The maximum atomic E-state index is 5.81. The van der Waals surface area contributed by atoms with Crippen molar-refractivity contribution >= 4 is 12.2 Å². The minimum atomic E-state index is 0.760. The summed E-state index contributed by atoms with van der Waals surface area (Å²) in [7, 11) is 0. The van der Waals surface area contributed by atoms with Crippen LogP contribution in [-0.4, -0.2) is 0 Å². The Bertz CT molecular complexity index is 741. The zero-order chi connectivity index (χ0) is 16.8. The zero-order valence-electron chi connectivity index (χ0n) is 13.3. The van der Waals surface area contributed by atoms with Gasteiger partial charge in [-0.3, -0.25) is 0 Å². The highest BCUT2D eigenvalue weighted by Gasteiger charge is 2.00. The molecule has 0 aliphatic rings. The summed E-state index contributed by atoms with van der Waals surface area (Å²) in [6.45, 7) is 7.48. The maximum Gasteiger partial charge on any atom is 0.127 e. The normalized spacial score (nSPS) is 10.0. The maximum absolute atomic E-state index is 5.81. The number of hydrogen-bond acceptors (Lipinski definition) is 2. The fourth-order valence-electron chi connectivity index (χ4n) is 2.19. The topological polar surface area (TPSA) is 18.5 Å². The lowest BCUT2D eigenvalue weighted by Gasteiger charge is -2.09. The SMILES string of the molecule is C=Cc1ccc(Oc2ccc(Oc3ccc(C=C)cc3)cc2)cc1. The molecule has 0 amide bonds. The third kappa shape index (κ3) is 3.93. The molecule has 0 radical (unpaired) electrons. The summed E-state index contributed by atoms with van der Waals surface area (Å²) in [4.78, 5) is 0.